The molecule has 7 nitrogen and oxygen atoms in total. The fourth-order valence-corrected chi connectivity index (χ4v) is 4.28. The molecule has 1 aromatic rings. The minimum atomic E-state index is 0.150. The normalized spacial score (nSPS) is 18.8. The van der Waals surface area contributed by atoms with E-state index in [2.05, 4.69) is 17.9 Å². The third-order valence-corrected chi connectivity index (χ3v) is 6.34. The zero-order chi connectivity index (χ0) is 21.0. The van der Waals surface area contributed by atoms with Crippen LogP contribution in [0, 0.1) is 6.92 Å². The first-order valence-corrected chi connectivity index (χ1v) is 10.9. The molecule has 0 saturated carbocycles. The molecule has 2 N–H and O–H groups in total. The average molecular weight is 424 g/mol. The lowest BCUT2D eigenvalue weighted by molar-refractivity contribution is -0.898. The molecule has 1 aromatic carbocycles. The van der Waals surface area contributed by atoms with Crippen molar-refractivity contribution in [1.29, 1.82) is 0 Å². The van der Waals surface area contributed by atoms with E-state index in [1.165, 1.54) is 21.1 Å². The molecule has 2 saturated heterocycles. The maximum absolute atomic E-state index is 12.7. The first-order chi connectivity index (χ1) is 13.8. The monoisotopic (exact) mass is 423 g/mol. The van der Waals surface area contributed by atoms with E-state index < -0.39 is 0 Å². The van der Waals surface area contributed by atoms with Gasteiger partial charge in [-0.1, -0.05) is 17.7 Å². The molecule has 0 radical (unpaired) electrons. The summed E-state index contributed by atoms with van der Waals surface area (Å²) in [4.78, 5) is 33.2. The number of hydrogen-bond donors (Lipinski definition) is 2. The van der Waals surface area contributed by atoms with Crippen molar-refractivity contribution in [1.82, 2.24) is 9.80 Å². The number of benzene rings is 1. The topological polar surface area (TPSA) is 52.7 Å². The van der Waals surface area contributed by atoms with Gasteiger partial charge < -0.3 is 24.5 Å². The SMILES string of the molecule is Cc1ccc(Cl)cc1N1CC[NH+](CC(=O)N2CC[NH+](CC(=O)N(C)C)CC2)CC1. The Kier molecular flexibility index (Phi) is 7.38. The number of carbonyl (C=O) groups excluding carboxylic acids is 2. The fraction of sp³-hybridized carbons (Fsp3) is 0.619. The van der Waals surface area contributed by atoms with Crippen LogP contribution in [0.25, 0.3) is 0 Å². The molecule has 2 fully saturated rings. The molecule has 2 aliphatic rings. The van der Waals surface area contributed by atoms with Gasteiger partial charge >= 0.3 is 0 Å². The van der Waals surface area contributed by atoms with Crippen LogP contribution in [0.1, 0.15) is 5.56 Å². The second-order valence-corrected chi connectivity index (χ2v) is 8.88. The van der Waals surface area contributed by atoms with Crippen molar-refractivity contribution in [2.45, 2.75) is 6.92 Å². The van der Waals surface area contributed by atoms with E-state index in [0.717, 1.165) is 57.4 Å². The smallest absolute Gasteiger partial charge is 0.278 e. The van der Waals surface area contributed by atoms with Crippen LogP contribution in [0.5, 0.6) is 0 Å². The zero-order valence-corrected chi connectivity index (χ0v) is 18.6. The zero-order valence-electron chi connectivity index (χ0n) is 17.8. The quantitative estimate of drug-likeness (QED) is 0.586. The van der Waals surface area contributed by atoms with Gasteiger partial charge in [-0.05, 0) is 24.6 Å². The van der Waals surface area contributed by atoms with Gasteiger partial charge in [-0.3, -0.25) is 9.59 Å². The molecule has 8 heteroatoms. The number of piperazine rings is 2. The molecule has 2 aliphatic heterocycles. The molecular weight excluding hydrogens is 390 g/mol. The largest absolute Gasteiger partial charge is 0.360 e. The number of amides is 2. The van der Waals surface area contributed by atoms with Crippen LogP contribution in [-0.2, 0) is 9.59 Å². The highest BCUT2D eigenvalue weighted by Gasteiger charge is 2.29. The number of halogens is 1. The predicted molar refractivity (Wildman–Crippen MR) is 115 cm³/mol. The highest BCUT2D eigenvalue weighted by Crippen LogP contribution is 2.24. The van der Waals surface area contributed by atoms with Crippen LogP contribution in [-0.4, -0.2) is 101 Å². The standard InChI is InChI=1S/C21H32ClN5O2/c1-17-4-5-18(22)14-19(17)26-10-6-25(7-11-26)16-21(29)27-12-8-24(9-13-27)15-20(28)23(2)3/h4-5,14H,6-13,15-16H2,1-3H3/p+2. The number of anilines is 1. The molecule has 160 valence electrons. The Morgan fingerprint density at radius 3 is 2.21 bits per heavy atom. The number of aryl methyl sites for hydroxylation is 1. The molecule has 3 rings (SSSR count). The van der Waals surface area contributed by atoms with Gasteiger partial charge in [0.15, 0.2) is 13.1 Å². The van der Waals surface area contributed by atoms with Crippen LogP contribution in [0.3, 0.4) is 0 Å². The summed E-state index contributed by atoms with van der Waals surface area (Å²) >= 11 is 6.17. The van der Waals surface area contributed by atoms with Gasteiger partial charge in [0.2, 0.25) is 0 Å². The summed E-state index contributed by atoms with van der Waals surface area (Å²) < 4.78 is 0. The van der Waals surface area contributed by atoms with Gasteiger partial charge in [0, 0.05) is 24.8 Å². The van der Waals surface area contributed by atoms with Crippen molar-refractivity contribution in [3.63, 3.8) is 0 Å². The molecule has 0 bridgehead atoms. The van der Waals surface area contributed by atoms with E-state index >= 15 is 0 Å². The third-order valence-electron chi connectivity index (χ3n) is 6.11. The number of rotatable bonds is 5. The van der Waals surface area contributed by atoms with Crippen LogP contribution < -0.4 is 14.7 Å². The molecule has 2 amide bonds. The van der Waals surface area contributed by atoms with Gasteiger partial charge in [0.05, 0.1) is 52.4 Å². The van der Waals surface area contributed by atoms with Crippen LogP contribution in [0.4, 0.5) is 5.69 Å². The van der Waals surface area contributed by atoms with E-state index in [-0.39, 0.29) is 11.8 Å². The predicted octanol–water partition coefficient (Wildman–Crippen LogP) is -1.83. The lowest BCUT2D eigenvalue weighted by Gasteiger charge is -2.36. The van der Waals surface area contributed by atoms with E-state index in [0.29, 0.717) is 13.1 Å². The Labute approximate surface area is 178 Å². The number of likely N-dealkylation sites (N-methyl/N-ethyl adjacent to an activating group) is 1. The number of hydrogen-bond acceptors (Lipinski definition) is 3. The van der Waals surface area contributed by atoms with Crippen molar-refractivity contribution in [3.05, 3.63) is 28.8 Å². The lowest BCUT2D eigenvalue weighted by Crippen LogP contribution is -3.17. The number of carbonyl (C=O) groups is 2. The molecule has 0 spiro atoms. The maximum Gasteiger partial charge on any atom is 0.278 e. The highest BCUT2D eigenvalue weighted by molar-refractivity contribution is 6.30. The molecule has 0 unspecified atom stereocenters. The van der Waals surface area contributed by atoms with Crippen LogP contribution in [0.2, 0.25) is 5.02 Å². The van der Waals surface area contributed by atoms with E-state index in [1.807, 2.05) is 17.0 Å². The van der Waals surface area contributed by atoms with Crippen LogP contribution >= 0.6 is 11.6 Å². The molecule has 29 heavy (non-hydrogen) atoms. The van der Waals surface area contributed by atoms with Crippen molar-refractivity contribution >= 4 is 29.1 Å². The molecule has 0 aromatic heterocycles. The Morgan fingerprint density at radius 1 is 1.00 bits per heavy atom. The van der Waals surface area contributed by atoms with Gasteiger partial charge in [0.25, 0.3) is 11.8 Å². The Bertz CT molecular complexity index is 726. The fourth-order valence-electron chi connectivity index (χ4n) is 4.11. The maximum atomic E-state index is 12.7. The van der Waals surface area contributed by atoms with E-state index in [4.69, 9.17) is 11.6 Å². The van der Waals surface area contributed by atoms with E-state index in [9.17, 15) is 9.59 Å². The van der Waals surface area contributed by atoms with Gasteiger partial charge in [-0.15, -0.1) is 0 Å². The second-order valence-electron chi connectivity index (χ2n) is 8.44. The van der Waals surface area contributed by atoms with Crippen molar-refractivity contribution < 1.29 is 19.4 Å². The number of quaternary nitrogens is 2. The van der Waals surface area contributed by atoms with Crippen molar-refractivity contribution in [2.24, 2.45) is 0 Å². The second kappa shape index (κ2) is 9.78. The Hall–Kier alpha value is -1.83. The number of nitrogens with zero attached hydrogens (tertiary/aromatic N) is 3. The molecule has 0 aliphatic carbocycles. The highest BCUT2D eigenvalue weighted by atomic mass is 35.5. The van der Waals surface area contributed by atoms with Gasteiger partial charge in [-0.25, -0.2) is 0 Å². The molecular formula is C21H34ClN5O2+2. The van der Waals surface area contributed by atoms with Gasteiger partial charge in [-0.2, -0.15) is 0 Å². The third kappa shape index (κ3) is 5.84. The first kappa shape index (κ1) is 21.9. The lowest BCUT2D eigenvalue weighted by atomic mass is 10.1. The molecule has 2 heterocycles. The molecule has 0 atom stereocenters. The van der Waals surface area contributed by atoms with Crippen molar-refractivity contribution in [2.75, 3.05) is 84.4 Å². The Morgan fingerprint density at radius 2 is 1.59 bits per heavy atom. The van der Waals surface area contributed by atoms with Crippen molar-refractivity contribution in [3.8, 4) is 0 Å². The number of nitrogens with one attached hydrogen (secondary N) is 2. The van der Waals surface area contributed by atoms with Crippen LogP contribution in [0.15, 0.2) is 18.2 Å². The summed E-state index contributed by atoms with van der Waals surface area (Å²) in [6.07, 6.45) is 0. The summed E-state index contributed by atoms with van der Waals surface area (Å²) in [7, 11) is 3.58. The minimum Gasteiger partial charge on any atom is -0.360 e. The average Bonchev–Trinajstić information content (AvgIpc) is 2.71. The summed E-state index contributed by atoms with van der Waals surface area (Å²) in [6, 6.07) is 6.03. The first-order valence-electron chi connectivity index (χ1n) is 10.5. The summed E-state index contributed by atoms with van der Waals surface area (Å²) in [5.41, 5.74) is 2.44. The van der Waals surface area contributed by atoms with Gasteiger partial charge in [0.1, 0.15) is 0 Å². The Balaban J connectivity index is 1.42. The summed E-state index contributed by atoms with van der Waals surface area (Å²) in [6.45, 7) is 10.2. The summed E-state index contributed by atoms with van der Waals surface area (Å²) in [5.74, 6) is 0.391. The van der Waals surface area contributed by atoms with E-state index in [1.54, 1.807) is 19.0 Å². The minimum absolute atomic E-state index is 0.150. The summed E-state index contributed by atoms with van der Waals surface area (Å²) in [5, 5.41) is 0.768.